The van der Waals surface area contributed by atoms with Gasteiger partial charge in [0.25, 0.3) is 0 Å². The van der Waals surface area contributed by atoms with Crippen LogP contribution in [0.3, 0.4) is 0 Å². The molecule has 1 nitrogen and oxygen atoms in total. The van der Waals surface area contributed by atoms with Crippen LogP contribution in [0.4, 0.5) is 17.1 Å². The van der Waals surface area contributed by atoms with Crippen molar-refractivity contribution in [3.63, 3.8) is 0 Å². The number of hydrogen-bond donors (Lipinski definition) is 0. The van der Waals surface area contributed by atoms with Crippen LogP contribution < -0.4 is 4.90 Å². The predicted molar refractivity (Wildman–Crippen MR) is 174 cm³/mol. The van der Waals surface area contributed by atoms with Gasteiger partial charge < -0.3 is 4.90 Å². The van der Waals surface area contributed by atoms with Gasteiger partial charge in [0, 0.05) is 27.9 Å². The minimum absolute atomic E-state index is 0.0180. The van der Waals surface area contributed by atoms with Crippen molar-refractivity contribution in [3.05, 3.63) is 150 Å². The normalized spacial score (nSPS) is 15.2. The van der Waals surface area contributed by atoms with Crippen molar-refractivity contribution >= 4 is 27.8 Å². The average Bonchev–Trinajstić information content (AvgIpc) is 3.36. The lowest BCUT2D eigenvalue weighted by Crippen LogP contribution is -2.16. The van der Waals surface area contributed by atoms with Gasteiger partial charge in [0.1, 0.15) is 0 Å². The van der Waals surface area contributed by atoms with Crippen LogP contribution in [-0.2, 0) is 10.8 Å². The van der Waals surface area contributed by atoms with Gasteiger partial charge in [-0.3, -0.25) is 0 Å². The van der Waals surface area contributed by atoms with Crippen LogP contribution >= 0.6 is 0 Å². The summed E-state index contributed by atoms with van der Waals surface area (Å²) in [5.41, 5.74) is 14.5. The largest absolute Gasteiger partial charge is 0.310 e. The number of hydrogen-bond acceptors (Lipinski definition) is 1. The maximum absolute atomic E-state index is 2.43. The predicted octanol–water partition coefficient (Wildman–Crippen LogP) is 10.9. The van der Waals surface area contributed by atoms with E-state index < -0.39 is 0 Å². The van der Waals surface area contributed by atoms with Crippen LogP contribution in [-0.4, -0.2) is 0 Å². The Hall–Kier alpha value is -4.62. The van der Waals surface area contributed by atoms with Gasteiger partial charge in [0.05, 0.1) is 0 Å². The summed E-state index contributed by atoms with van der Waals surface area (Å²) in [4.78, 5) is 2.41. The van der Waals surface area contributed by atoms with Crippen LogP contribution in [0.1, 0.15) is 49.9 Å². The summed E-state index contributed by atoms with van der Waals surface area (Å²) in [5.74, 6) is 0. The maximum Gasteiger partial charge on any atom is 0.0468 e. The quantitative estimate of drug-likeness (QED) is 0.221. The van der Waals surface area contributed by atoms with E-state index >= 15 is 0 Å². The molecule has 0 aromatic heterocycles. The topological polar surface area (TPSA) is 3.24 Å². The van der Waals surface area contributed by atoms with Gasteiger partial charge in [-0.1, -0.05) is 107 Å². The highest BCUT2D eigenvalue weighted by atomic mass is 15.1. The van der Waals surface area contributed by atoms with E-state index in [0.717, 1.165) is 5.69 Å². The summed E-state index contributed by atoms with van der Waals surface area (Å²) in [5, 5.41) is 2.55. The molecule has 0 amide bonds. The summed E-state index contributed by atoms with van der Waals surface area (Å²) in [7, 11) is 0. The molecule has 6 aromatic carbocycles. The van der Waals surface area contributed by atoms with E-state index in [0.29, 0.717) is 0 Å². The smallest absolute Gasteiger partial charge is 0.0468 e. The molecule has 0 saturated heterocycles. The monoisotopic (exact) mass is 527 g/mol. The average molecular weight is 528 g/mol. The van der Waals surface area contributed by atoms with Crippen molar-refractivity contribution in [2.75, 3.05) is 4.90 Å². The molecule has 6 aromatic rings. The number of anilines is 3. The van der Waals surface area contributed by atoms with Gasteiger partial charge in [-0.25, -0.2) is 0 Å². The fourth-order valence-electron chi connectivity index (χ4n) is 7.43. The number of rotatable bonds is 3. The highest BCUT2D eigenvalue weighted by Gasteiger charge is 2.37. The van der Waals surface area contributed by atoms with Crippen molar-refractivity contribution in [1.29, 1.82) is 0 Å². The van der Waals surface area contributed by atoms with E-state index in [4.69, 9.17) is 0 Å². The number of fused-ring (bicyclic) bond motifs is 7. The number of para-hydroxylation sites is 1. The fraction of sp³-hybridized carbons (Fsp3) is 0.150. The van der Waals surface area contributed by atoms with Gasteiger partial charge in [0.15, 0.2) is 0 Å². The Morgan fingerprint density at radius 2 is 0.902 bits per heavy atom. The molecule has 198 valence electrons. The molecule has 2 aliphatic carbocycles. The lowest BCUT2D eigenvalue weighted by molar-refractivity contribution is 0.660. The van der Waals surface area contributed by atoms with E-state index in [2.05, 4.69) is 160 Å². The lowest BCUT2D eigenvalue weighted by Gasteiger charge is -2.28. The second-order valence-corrected chi connectivity index (χ2v) is 12.7. The molecule has 0 N–H and O–H groups in total. The van der Waals surface area contributed by atoms with E-state index in [1.165, 1.54) is 66.7 Å². The third-order valence-corrected chi connectivity index (χ3v) is 9.62. The highest BCUT2D eigenvalue weighted by Crippen LogP contribution is 2.52. The molecule has 41 heavy (non-hydrogen) atoms. The van der Waals surface area contributed by atoms with Crippen molar-refractivity contribution in [2.45, 2.75) is 38.5 Å². The molecule has 0 spiro atoms. The fourth-order valence-corrected chi connectivity index (χ4v) is 7.43. The van der Waals surface area contributed by atoms with E-state index in [9.17, 15) is 0 Å². The molecule has 0 aliphatic heterocycles. The standard InChI is InChI=1S/C40H33N/c1-39(2)36-17-11-9-15-32(36)34-23-26-18-19-29(22-27(26)24-37(34)39)41(28-12-6-5-7-13-28)30-20-21-33-31-14-8-10-16-35(31)40(3,4)38(33)25-30/h5-25H,1-4H3. The summed E-state index contributed by atoms with van der Waals surface area (Å²) < 4.78 is 0. The number of benzene rings is 6. The zero-order valence-corrected chi connectivity index (χ0v) is 24.1. The Kier molecular flexibility index (Phi) is 4.98. The van der Waals surface area contributed by atoms with Crippen LogP contribution in [0.25, 0.3) is 33.0 Å². The molecule has 8 rings (SSSR count). The Labute approximate surface area is 242 Å². The van der Waals surface area contributed by atoms with Crippen LogP contribution in [0.2, 0.25) is 0 Å². The Bertz CT molecular complexity index is 1990. The molecule has 1 heteroatoms. The summed E-state index contributed by atoms with van der Waals surface area (Å²) in [6.07, 6.45) is 0. The molecule has 0 saturated carbocycles. The van der Waals surface area contributed by atoms with Crippen molar-refractivity contribution in [1.82, 2.24) is 0 Å². The Morgan fingerprint density at radius 3 is 1.61 bits per heavy atom. The molecule has 0 heterocycles. The first kappa shape index (κ1) is 24.2. The zero-order chi connectivity index (χ0) is 27.9. The van der Waals surface area contributed by atoms with E-state index in [1.54, 1.807) is 0 Å². The molecule has 2 aliphatic rings. The van der Waals surface area contributed by atoms with Crippen molar-refractivity contribution < 1.29 is 0 Å². The molecule has 0 bridgehead atoms. The molecule has 0 atom stereocenters. The Morgan fingerprint density at radius 1 is 0.366 bits per heavy atom. The number of nitrogens with zero attached hydrogens (tertiary/aromatic N) is 1. The molecular formula is C40H33N. The third kappa shape index (κ3) is 3.42. The van der Waals surface area contributed by atoms with Gasteiger partial charge in [-0.2, -0.15) is 0 Å². The van der Waals surface area contributed by atoms with Crippen LogP contribution in [0.15, 0.2) is 127 Å². The SMILES string of the molecule is CC1(C)c2ccccc2-c2ccc(N(c3ccccc3)c3ccc4cc5c(cc4c3)C(C)(C)c3ccccc3-5)cc21. The third-order valence-electron chi connectivity index (χ3n) is 9.62. The summed E-state index contributed by atoms with van der Waals surface area (Å²) >= 11 is 0. The van der Waals surface area contributed by atoms with Gasteiger partial charge >= 0.3 is 0 Å². The van der Waals surface area contributed by atoms with E-state index in [1.807, 2.05) is 0 Å². The first-order valence-electron chi connectivity index (χ1n) is 14.6. The highest BCUT2D eigenvalue weighted by molar-refractivity contribution is 5.96. The molecule has 0 unspecified atom stereocenters. The molecule has 0 fully saturated rings. The maximum atomic E-state index is 2.43. The van der Waals surface area contributed by atoms with Crippen molar-refractivity contribution in [2.24, 2.45) is 0 Å². The van der Waals surface area contributed by atoms with E-state index in [-0.39, 0.29) is 10.8 Å². The van der Waals surface area contributed by atoms with Crippen LogP contribution in [0.5, 0.6) is 0 Å². The second-order valence-electron chi connectivity index (χ2n) is 12.7. The minimum Gasteiger partial charge on any atom is -0.310 e. The molecule has 0 radical (unpaired) electrons. The van der Waals surface area contributed by atoms with Gasteiger partial charge in [0.2, 0.25) is 0 Å². The second kappa shape index (κ2) is 8.44. The van der Waals surface area contributed by atoms with Crippen LogP contribution in [0, 0.1) is 0 Å². The summed E-state index contributed by atoms with van der Waals surface area (Å²) in [6.45, 7) is 9.41. The zero-order valence-electron chi connectivity index (χ0n) is 24.1. The Balaban J connectivity index is 1.30. The lowest BCUT2D eigenvalue weighted by atomic mass is 9.82. The van der Waals surface area contributed by atoms with Crippen molar-refractivity contribution in [3.8, 4) is 22.3 Å². The summed E-state index contributed by atoms with van der Waals surface area (Å²) in [6, 6.07) is 47.3. The minimum atomic E-state index is -0.0468. The first-order valence-corrected chi connectivity index (χ1v) is 14.6. The van der Waals surface area contributed by atoms with Gasteiger partial charge in [-0.05, 0) is 104 Å². The first-order chi connectivity index (χ1) is 19.8. The van der Waals surface area contributed by atoms with Gasteiger partial charge in [-0.15, -0.1) is 0 Å². The molecular weight excluding hydrogens is 494 g/mol.